The minimum atomic E-state index is 0.556. The summed E-state index contributed by atoms with van der Waals surface area (Å²) in [7, 11) is 0. The van der Waals surface area contributed by atoms with E-state index in [1.165, 1.54) is 32.1 Å². The highest BCUT2D eigenvalue weighted by molar-refractivity contribution is 5.40. The van der Waals surface area contributed by atoms with Gasteiger partial charge in [-0.05, 0) is 19.4 Å². The Hall–Kier alpha value is -1.43. The fourth-order valence-corrected chi connectivity index (χ4v) is 3.22. The van der Waals surface area contributed by atoms with Gasteiger partial charge in [0.2, 0.25) is 5.95 Å². The molecule has 6 heteroatoms. The summed E-state index contributed by atoms with van der Waals surface area (Å²) in [6, 6.07) is 0.556. The third kappa shape index (κ3) is 3.81. The van der Waals surface area contributed by atoms with Gasteiger partial charge in [0.15, 0.2) is 5.82 Å². The van der Waals surface area contributed by atoms with Gasteiger partial charge in [-0.3, -0.25) is 0 Å². The van der Waals surface area contributed by atoms with Crippen molar-refractivity contribution < 1.29 is 0 Å². The molecule has 0 amide bonds. The third-order valence-electron chi connectivity index (χ3n) is 4.61. The molecule has 1 aromatic heterocycles. The van der Waals surface area contributed by atoms with Crippen LogP contribution in [0.5, 0.6) is 0 Å². The van der Waals surface area contributed by atoms with Crippen LogP contribution in [0.4, 0.5) is 11.8 Å². The van der Waals surface area contributed by atoms with Crippen molar-refractivity contribution in [3.8, 4) is 0 Å². The van der Waals surface area contributed by atoms with E-state index in [1.807, 2.05) is 0 Å². The Bertz CT molecular complexity index is 438. The van der Waals surface area contributed by atoms with Gasteiger partial charge in [-0.2, -0.15) is 10.1 Å². The molecule has 1 aliphatic carbocycles. The molecule has 6 nitrogen and oxygen atoms in total. The molecule has 3 rings (SSSR count). The molecule has 2 aliphatic rings. The molecule has 0 spiro atoms. The van der Waals surface area contributed by atoms with E-state index in [0.717, 1.165) is 44.5 Å². The molecular weight excluding hydrogens is 264 g/mol. The lowest BCUT2D eigenvalue weighted by molar-refractivity contribution is 0.269. The molecule has 1 saturated carbocycles. The van der Waals surface area contributed by atoms with Crippen LogP contribution in [0.3, 0.4) is 0 Å². The Kier molecular flexibility index (Phi) is 4.85. The Morgan fingerprint density at radius 1 is 1.14 bits per heavy atom. The summed E-state index contributed by atoms with van der Waals surface area (Å²) in [6.07, 6.45) is 8.25. The quantitative estimate of drug-likeness (QED) is 0.912. The molecule has 1 N–H and O–H groups in total. The van der Waals surface area contributed by atoms with Crippen molar-refractivity contribution in [3.05, 3.63) is 6.20 Å². The Morgan fingerprint density at radius 3 is 2.62 bits per heavy atom. The van der Waals surface area contributed by atoms with Crippen LogP contribution in [0, 0.1) is 0 Å². The summed E-state index contributed by atoms with van der Waals surface area (Å²) >= 11 is 0. The van der Waals surface area contributed by atoms with Crippen LogP contribution in [0.1, 0.15) is 39.0 Å². The fraction of sp³-hybridized carbons (Fsp3) is 0.800. The maximum absolute atomic E-state index is 4.66. The molecular formula is C15H26N6. The molecule has 116 valence electrons. The zero-order chi connectivity index (χ0) is 14.5. The predicted molar refractivity (Wildman–Crippen MR) is 84.6 cm³/mol. The second-order valence-electron chi connectivity index (χ2n) is 6.04. The highest BCUT2D eigenvalue weighted by Gasteiger charge is 2.19. The smallest absolute Gasteiger partial charge is 0.247 e. The van der Waals surface area contributed by atoms with Crippen molar-refractivity contribution >= 4 is 11.8 Å². The van der Waals surface area contributed by atoms with Crippen molar-refractivity contribution in [3.63, 3.8) is 0 Å². The summed E-state index contributed by atoms with van der Waals surface area (Å²) in [6.45, 7) is 7.48. The second kappa shape index (κ2) is 7.02. The minimum absolute atomic E-state index is 0.556. The zero-order valence-corrected chi connectivity index (χ0v) is 13.0. The van der Waals surface area contributed by atoms with Crippen LogP contribution in [0.25, 0.3) is 0 Å². The van der Waals surface area contributed by atoms with Gasteiger partial charge in [-0.15, -0.1) is 5.10 Å². The normalized spacial score (nSPS) is 21.5. The molecule has 21 heavy (non-hydrogen) atoms. The number of nitrogens with zero attached hydrogens (tertiary/aromatic N) is 5. The summed E-state index contributed by atoms with van der Waals surface area (Å²) < 4.78 is 0. The molecule has 2 fully saturated rings. The number of anilines is 2. The number of hydrogen-bond acceptors (Lipinski definition) is 6. The second-order valence-corrected chi connectivity index (χ2v) is 6.04. The SMILES string of the molecule is CCN1CCN(c2nncc(NC3CCCCC3)n2)CC1. The van der Waals surface area contributed by atoms with E-state index >= 15 is 0 Å². The van der Waals surface area contributed by atoms with Gasteiger partial charge in [0, 0.05) is 32.2 Å². The summed E-state index contributed by atoms with van der Waals surface area (Å²) in [4.78, 5) is 9.36. The standard InChI is InChI=1S/C15H26N6/c1-2-20-8-10-21(11-9-20)15-18-14(12-16-19-15)17-13-6-4-3-5-7-13/h12-13H,2-11H2,1H3,(H,17,18,19). The molecule has 1 saturated heterocycles. The number of piperazine rings is 1. The van der Waals surface area contributed by atoms with E-state index in [9.17, 15) is 0 Å². The van der Waals surface area contributed by atoms with Gasteiger partial charge in [0.1, 0.15) is 0 Å². The first-order valence-electron chi connectivity index (χ1n) is 8.28. The van der Waals surface area contributed by atoms with E-state index in [0.29, 0.717) is 6.04 Å². The third-order valence-corrected chi connectivity index (χ3v) is 4.61. The summed E-state index contributed by atoms with van der Waals surface area (Å²) in [5.41, 5.74) is 0. The molecule has 0 bridgehead atoms. The average molecular weight is 290 g/mol. The predicted octanol–water partition coefficient (Wildman–Crippen LogP) is 1.76. The van der Waals surface area contributed by atoms with Crippen LogP contribution < -0.4 is 10.2 Å². The van der Waals surface area contributed by atoms with E-state index in [-0.39, 0.29) is 0 Å². The van der Waals surface area contributed by atoms with Gasteiger partial charge in [0.25, 0.3) is 0 Å². The van der Waals surface area contributed by atoms with Crippen LogP contribution >= 0.6 is 0 Å². The number of likely N-dealkylation sites (N-methyl/N-ethyl adjacent to an activating group) is 1. The molecule has 0 aromatic carbocycles. The molecule has 0 unspecified atom stereocenters. The first kappa shape index (κ1) is 14.5. The first-order chi connectivity index (χ1) is 10.3. The Labute approximate surface area is 126 Å². The summed E-state index contributed by atoms with van der Waals surface area (Å²) in [5.74, 6) is 1.65. The zero-order valence-electron chi connectivity index (χ0n) is 13.0. The van der Waals surface area contributed by atoms with E-state index in [1.54, 1.807) is 6.20 Å². The topological polar surface area (TPSA) is 57.2 Å². The van der Waals surface area contributed by atoms with Crippen LogP contribution in [0.2, 0.25) is 0 Å². The maximum atomic E-state index is 4.66. The minimum Gasteiger partial charge on any atom is -0.366 e. The number of hydrogen-bond donors (Lipinski definition) is 1. The first-order valence-corrected chi connectivity index (χ1v) is 8.28. The van der Waals surface area contributed by atoms with Gasteiger partial charge < -0.3 is 15.1 Å². The largest absolute Gasteiger partial charge is 0.366 e. The van der Waals surface area contributed by atoms with Gasteiger partial charge in [0.05, 0.1) is 6.20 Å². The lowest BCUT2D eigenvalue weighted by Gasteiger charge is -2.33. The van der Waals surface area contributed by atoms with Gasteiger partial charge in [-0.1, -0.05) is 26.2 Å². The number of rotatable bonds is 4. The van der Waals surface area contributed by atoms with Crippen molar-refractivity contribution in [1.82, 2.24) is 20.1 Å². The highest BCUT2D eigenvalue weighted by Crippen LogP contribution is 2.21. The van der Waals surface area contributed by atoms with E-state index in [4.69, 9.17) is 0 Å². The average Bonchev–Trinajstić information content (AvgIpc) is 2.56. The van der Waals surface area contributed by atoms with Crippen molar-refractivity contribution in [2.24, 2.45) is 0 Å². The molecule has 2 heterocycles. The van der Waals surface area contributed by atoms with Gasteiger partial charge in [-0.25, -0.2) is 0 Å². The number of aromatic nitrogens is 3. The molecule has 1 aliphatic heterocycles. The number of nitrogens with one attached hydrogen (secondary N) is 1. The van der Waals surface area contributed by atoms with E-state index < -0.39 is 0 Å². The Balaban J connectivity index is 1.60. The lowest BCUT2D eigenvalue weighted by atomic mass is 9.96. The van der Waals surface area contributed by atoms with E-state index in [2.05, 4.69) is 37.2 Å². The highest BCUT2D eigenvalue weighted by atomic mass is 15.4. The molecule has 0 atom stereocenters. The van der Waals surface area contributed by atoms with Crippen LogP contribution in [-0.2, 0) is 0 Å². The molecule has 0 radical (unpaired) electrons. The Morgan fingerprint density at radius 2 is 1.90 bits per heavy atom. The monoisotopic (exact) mass is 290 g/mol. The van der Waals surface area contributed by atoms with Crippen molar-refractivity contribution in [1.29, 1.82) is 0 Å². The van der Waals surface area contributed by atoms with Crippen molar-refractivity contribution in [2.75, 3.05) is 42.9 Å². The molecule has 1 aromatic rings. The van der Waals surface area contributed by atoms with Crippen LogP contribution in [-0.4, -0.2) is 58.8 Å². The lowest BCUT2D eigenvalue weighted by Crippen LogP contribution is -2.46. The fourth-order valence-electron chi connectivity index (χ4n) is 3.22. The van der Waals surface area contributed by atoms with Crippen molar-refractivity contribution in [2.45, 2.75) is 45.1 Å². The maximum Gasteiger partial charge on any atom is 0.247 e. The van der Waals surface area contributed by atoms with Crippen LogP contribution in [0.15, 0.2) is 6.20 Å². The summed E-state index contributed by atoms with van der Waals surface area (Å²) in [5, 5.41) is 11.9. The van der Waals surface area contributed by atoms with Gasteiger partial charge >= 0.3 is 0 Å².